The van der Waals surface area contributed by atoms with Crippen molar-refractivity contribution in [1.29, 1.82) is 0 Å². The van der Waals surface area contributed by atoms with E-state index in [0.717, 1.165) is 0 Å². The van der Waals surface area contributed by atoms with Gasteiger partial charge in [-0.3, -0.25) is 9.35 Å². The second-order valence-corrected chi connectivity index (χ2v) is 3.69. The van der Waals surface area contributed by atoms with Crippen LogP contribution in [-0.2, 0) is 14.9 Å². The largest absolute Gasteiger partial charge is 0.481 e. The topological polar surface area (TPSA) is 91.7 Å². The highest BCUT2D eigenvalue weighted by molar-refractivity contribution is 7.85. The lowest BCUT2D eigenvalue weighted by Gasteiger charge is -1.89. The molecule has 0 aliphatic rings. The third kappa shape index (κ3) is 44.7. The SMILES string of the molecule is CC(C)C(=O)O.CS(=O)(=O)O. The quantitative estimate of drug-likeness (QED) is 0.569. The van der Waals surface area contributed by atoms with E-state index in [2.05, 4.69) is 0 Å². The molecular weight excluding hydrogens is 172 g/mol. The molecule has 6 heteroatoms. The highest BCUT2D eigenvalue weighted by atomic mass is 32.2. The van der Waals surface area contributed by atoms with Crippen molar-refractivity contribution in [3.05, 3.63) is 0 Å². The molecule has 0 spiro atoms. The summed E-state index contributed by atoms with van der Waals surface area (Å²) in [6.07, 6.45) is 0.715. The number of rotatable bonds is 1. The number of aliphatic carboxylic acids is 1. The molecule has 0 unspecified atom stereocenters. The van der Waals surface area contributed by atoms with Crippen molar-refractivity contribution in [3.63, 3.8) is 0 Å². The Hall–Kier alpha value is -0.620. The first-order valence-electron chi connectivity index (χ1n) is 2.80. The summed E-state index contributed by atoms with van der Waals surface area (Å²) in [6.45, 7) is 3.28. The molecule has 0 heterocycles. The van der Waals surface area contributed by atoms with Crippen molar-refractivity contribution < 1.29 is 22.9 Å². The van der Waals surface area contributed by atoms with E-state index in [4.69, 9.17) is 9.66 Å². The summed E-state index contributed by atoms with van der Waals surface area (Å²) in [5.74, 6) is -0.972. The highest BCUT2D eigenvalue weighted by Crippen LogP contribution is 1.87. The molecule has 0 aliphatic carbocycles. The molecule has 11 heavy (non-hydrogen) atoms. The van der Waals surface area contributed by atoms with Gasteiger partial charge in [0.25, 0.3) is 10.1 Å². The van der Waals surface area contributed by atoms with Crippen molar-refractivity contribution in [1.82, 2.24) is 0 Å². The van der Waals surface area contributed by atoms with Gasteiger partial charge < -0.3 is 5.11 Å². The maximum atomic E-state index is 9.70. The van der Waals surface area contributed by atoms with Gasteiger partial charge in [-0.2, -0.15) is 8.42 Å². The van der Waals surface area contributed by atoms with Gasteiger partial charge >= 0.3 is 5.97 Å². The maximum Gasteiger partial charge on any atom is 0.305 e. The van der Waals surface area contributed by atoms with Crippen LogP contribution in [0.4, 0.5) is 0 Å². The molecule has 0 fully saturated rings. The minimum atomic E-state index is -3.67. The summed E-state index contributed by atoms with van der Waals surface area (Å²) in [7, 11) is -3.67. The second kappa shape index (κ2) is 5.09. The summed E-state index contributed by atoms with van der Waals surface area (Å²) >= 11 is 0. The monoisotopic (exact) mass is 184 g/mol. The average molecular weight is 184 g/mol. The molecule has 0 aromatic rings. The second-order valence-electron chi connectivity index (χ2n) is 2.23. The highest BCUT2D eigenvalue weighted by Gasteiger charge is 1.99. The smallest absolute Gasteiger partial charge is 0.305 e. The molecular formula is C5H12O5S. The van der Waals surface area contributed by atoms with Crippen LogP contribution in [-0.4, -0.2) is 30.3 Å². The van der Waals surface area contributed by atoms with E-state index >= 15 is 0 Å². The molecule has 0 amide bonds. The van der Waals surface area contributed by atoms with Gasteiger partial charge in [0.05, 0.1) is 12.2 Å². The molecule has 0 radical (unpaired) electrons. The normalized spacial score (nSPS) is 10.3. The molecule has 0 saturated carbocycles. The minimum Gasteiger partial charge on any atom is -0.481 e. The first kappa shape index (κ1) is 13.0. The summed E-state index contributed by atoms with van der Waals surface area (Å²) in [5, 5.41) is 7.99. The van der Waals surface area contributed by atoms with Crippen molar-refractivity contribution in [3.8, 4) is 0 Å². The van der Waals surface area contributed by atoms with Crippen molar-refractivity contribution in [2.75, 3.05) is 6.26 Å². The number of carboxylic acid groups (broad SMARTS) is 1. The summed E-state index contributed by atoms with van der Waals surface area (Å²) in [4.78, 5) is 9.70. The van der Waals surface area contributed by atoms with Crippen LogP contribution < -0.4 is 0 Å². The van der Waals surface area contributed by atoms with Crippen LogP contribution >= 0.6 is 0 Å². The first-order chi connectivity index (χ1) is 4.64. The van der Waals surface area contributed by atoms with E-state index < -0.39 is 16.1 Å². The molecule has 0 aromatic carbocycles. The predicted molar refractivity (Wildman–Crippen MR) is 39.9 cm³/mol. The maximum absolute atomic E-state index is 9.70. The fraction of sp³-hybridized carbons (Fsp3) is 0.800. The molecule has 0 rings (SSSR count). The lowest BCUT2D eigenvalue weighted by atomic mass is 10.2. The summed E-state index contributed by atoms with van der Waals surface area (Å²) in [6, 6.07) is 0. The Morgan fingerprint density at radius 1 is 1.36 bits per heavy atom. The molecule has 68 valence electrons. The zero-order valence-corrected chi connectivity index (χ0v) is 7.42. The molecule has 0 bridgehead atoms. The lowest BCUT2D eigenvalue weighted by Crippen LogP contribution is -2.03. The molecule has 0 aliphatic heterocycles. The lowest BCUT2D eigenvalue weighted by molar-refractivity contribution is -0.140. The Labute approximate surface area is 65.8 Å². The zero-order valence-electron chi connectivity index (χ0n) is 6.60. The third-order valence-corrected chi connectivity index (χ3v) is 0.494. The number of carbonyl (C=O) groups is 1. The van der Waals surface area contributed by atoms with Gasteiger partial charge in [0.1, 0.15) is 0 Å². The van der Waals surface area contributed by atoms with E-state index in [1.165, 1.54) is 0 Å². The first-order valence-corrected chi connectivity index (χ1v) is 4.64. The van der Waals surface area contributed by atoms with Crippen LogP contribution in [0.3, 0.4) is 0 Å². The predicted octanol–water partition coefficient (Wildman–Crippen LogP) is 0.231. The van der Waals surface area contributed by atoms with Gasteiger partial charge in [0, 0.05) is 0 Å². The Balaban J connectivity index is 0. The Bertz CT molecular complexity index is 195. The number of hydrogen-bond acceptors (Lipinski definition) is 3. The van der Waals surface area contributed by atoms with Crippen LogP contribution in [0.2, 0.25) is 0 Å². The van der Waals surface area contributed by atoms with E-state index in [9.17, 15) is 13.2 Å². The summed E-state index contributed by atoms with van der Waals surface area (Å²) < 4.78 is 25.9. The van der Waals surface area contributed by atoms with E-state index in [1.807, 2.05) is 0 Å². The van der Waals surface area contributed by atoms with Crippen LogP contribution in [0.15, 0.2) is 0 Å². The minimum absolute atomic E-state index is 0.231. The third-order valence-electron chi connectivity index (χ3n) is 0.494. The fourth-order valence-corrected chi connectivity index (χ4v) is 0. The van der Waals surface area contributed by atoms with Crippen molar-refractivity contribution in [2.24, 2.45) is 5.92 Å². The van der Waals surface area contributed by atoms with Gasteiger partial charge in [0.2, 0.25) is 0 Å². The van der Waals surface area contributed by atoms with Gasteiger partial charge in [-0.15, -0.1) is 0 Å². The molecule has 0 atom stereocenters. The average Bonchev–Trinajstić information content (AvgIpc) is 1.59. The standard InChI is InChI=1S/C4H8O2.CH4O3S/c1-3(2)4(5)6;1-5(2,3)4/h3H,1-2H3,(H,5,6);1H3,(H,2,3,4). The van der Waals surface area contributed by atoms with Gasteiger partial charge in [-0.1, -0.05) is 13.8 Å². The van der Waals surface area contributed by atoms with Gasteiger partial charge in [0.15, 0.2) is 0 Å². The van der Waals surface area contributed by atoms with Crippen LogP contribution in [0.1, 0.15) is 13.8 Å². The summed E-state index contributed by atoms with van der Waals surface area (Å²) in [5.41, 5.74) is 0. The van der Waals surface area contributed by atoms with Gasteiger partial charge in [-0.25, -0.2) is 0 Å². The Morgan fingerprint density at radius 2 is 1.45 bits per heavy atom. The fourth-order valence-electron chi connectivity index (χ4n) is 0. The van der Waals surface area contributed by atoms with E-state index in [1.54, 1.807) is 13.8 Å². The van der Waals surface area contributed by atoms with Crippen LogP contribution in [0, 0.1) is 5.92 Å². The molecule has 0 saturated heterocycles. The molecule has 0 aromatic heterocycles. The number of hydrogen-bond donors (Lipinski definition) is 2. The van der Waals surface area contributed by atoms with Crippen molar-refractivity contribution in [2.45, 2.75) is 13.8 Å². The zero-order chi connectivity index (χ0) is 9.65. The molecule has 2 N–H and O–H groups in total. The van der Waals surface area contributed by atoms with E-state index in [0.29, 0.717) is 6.26 Å². The Kier molecular flexibility index (Phi) is 6.01. The van der Waals surface area contributed by atoms with Crippen LogP contribution in [0.5, 0.6) is 0 Å². The molecule has 5 nitrogen and oxygen atoms in total. The van der Waals surface area contributed by atoms with E-state index in [-0.39, 0.29) is 5.92 Å². The Morgan fingerprint density at radius 3 is 1.45 bits per heavy atom. The van der Waals surface area contributed by atoms with Gasteiger partial charge in [-0.05, 0) is 0 Å². The van der Waals surface area contributed by atoms with Crippen LogP contribution in [0.25, 0.3) is 0 Å². The van der Waals surface area contributed by atoms with Crippen molar-refractivity contribution >= 4 is 16.1 Å². The number of carboxylic acids is 1.